The summed E-state index contributed by atoms with van der Waals surface area (Å²) in [6.45, 7) is 8.40. The molecule has 12 heteroatoms. The highest BCUT2D eigenvalue weighted by molar-refractivity contribution is 7.08. The van der Waals surface area contributed by atoms with Crippen LogP contribution in [0.2, 0.25) is 0 Å². The van der Waals surface area contributed by atoms with E-state index in [9.17, 15) is 0 Å². The highest BCUT2D eigenvalue weighted by atomic mass is 32.1. The average Bonchev–Trinajstić information content (AvgIpc) is 3.40. The van der Waals surface area contributed by atoms with Crippen molar-refractivity contribution in [3.63, 3.8) is 0 Å². The summed E-state index contributed by atoms with van der Waals surface area (Å²) in [6, 6.07) is 0. The molecule has 2 atom stereocenters. The summed E-state index contributed by atoms with van der Waals surface area (Å²) in [5.41, 5.74) is 17.4. The van der Waals surface area contributed by atoms with E-state index in [1.54, 1.807) is 22.7 Å². The van der Waals surface area contributed by atoms with E-state index >= 15 is 0 Å². The lowest BCUT2D eigenvalue weighted by Crippen LogP contribution is -2.55. The van der Waals surface area contributed by atoms with Crippen LogP contribution in [-0.2, 0) is 12.8 Å². The van der Waals surface area contributed by atoms with Gasteiger partial charge in [-0.3, -0.25) is 15.6 Å². The Bertz CT molecular complexity index is 1130. The molecule has 2 aromatic rings. The summed E-state index contributed by atoms with van der Waals surface area (Å²) in [4.78, 5) is 20.3. The van der Waals surface area contributed by atoms with E-state index in [2.05, 4.69) is 76.2 Å². The summed E-state index contributed by atoms with van der Waals surface area (Å²) < 4.78 is 0. The Morgan fingerprint density at radius 2 is 1.60 bits per heavy atom. The fourth-order valence-corrected chi connectivity index (χ4v) is 5.73. The van der Waals surface area contributed by atoms with Gasteiger partial charge in [-0.15, -0.1) is 0 Å². The molecule has 188 valence electrons. The van der Waals surface area contributed by atoms with Crippen molar-refractivity contribution in [2.24, 2.45) is 31.4 Å². The quantitative estimate of drug-likeness (QED) is 0.345. The van der Waals surface area contributed by atoms with Crippen LogP contribution in [-0.4, -0.2) is 60.7 Å². The molecular weight excluding hydrogens is 480 g/mol. The van der Waals surface area contributed by atoms with Crippen LogP contribution in [0.4, 0.5) is 0 Å². The maximum atomic E-state index is 6.07. The van der Waals surface area contributed by atoms with Crippen molar-refractivity contribution in [3.8, 4) is 0 Å². The maximum absolute atomic E-state index is 6.07. The lowest BCUT2D eigenvalue weighted by Gasteiger charge is -2.31. The van der Waals surface area contributed by atoms with E-state index < -0.39 is 0 Å². The molecule has 2 aromatic heterocycles. The summed E-state index contributed by atoms with van der Waals surface area (Å²) in [6.07, 6.45) is 2.14. The number of nitrogens with two attached hydrogens (primary N) is 2. The topological polar surface area (TPSA) is 141 Å². The van der Waals surface area contributed by atoms with Gasteiger partial charge in [-0.1, -0.05) is 0 Å². The molecule has 0 saturated carbocycles. The molecule has 10 nitrogen and oxygen atoms in total. The van der Waals surface area contributed by atoms with Gasteiger partial charge in [-0.25, -0.2) is 15.0 Å². The van der Waals surface area contributed by atoms with Gasteiger partial charge in [0.25, 0.3) is 0 Å². The molecule has 2 aliphatic heterocycles. The molecular formula is C23H34N10S2. The van der Waals surface area contributed by atoms with Crippen molar-refractivity contribution < 1.29 is 0 Å². The first-order chi connectivity index (χ1) is 16.9. The van der Waals surface area contributed by atoms with Gasteiger partial charge in [0, 0.05) is 26.1 Å². The van der Waals surface area contributed by atoms with Crippen LogP contribution in [0.25, 0.3) is 0 Å². The standard InChI is InChI=1S/C23H34N10S2/c1-14-10-34-12-17(14)4-7-26-22-30-19(29-21(25)31-22)6-9-33(8-5-18-13-35-11-15(18)2)23-28-16(3)27-20(24)32-23/h10-13,16,19H,4-9H2,1-3H3,(H3,24,27,28,32)(H4,25,26,29,30,31). The number of nitrogens with one attached hydrogen (secondary N) is 3. The van der Waals surface area contributed by atoms with Gasteiger partial charge in [-0.2, -0.15) is 22.7 Å². The van der Waals surface area contributed by atoms with Crippen molar-refractivity contribution in [2.75, 3.05) is 19.6 Å². The molecule has 7 N–H and O–H groups in total. The Hall–Kier alpha value is -3.12. The number of thiophene rings is 2. The summed E-state index contributed by atoms with van der Waals surface area (Å²) in [5, 5.41) is 18.3. The third kappa shape index (κ3) is 6.95. The molecule has 0 bridgehead atoms. The van der Waals surface area contributed by atoms with Crippen LogP contribution in [0.15, 0.2) is 41.5 Å². The zero-order chi connectivity index (χ0) is 24.8. The van der Waals surface area contributed by atoms with Gasteiger partial charge in [0.05, 0.1) is 0 Å². The molecule has 2 aliphatic rings. The minimum absolute atomic E-state index is 0.184. The van der Waals surface area contributed by atoms with Gasteiger partial charge >= 0.3 is 0 Å². The van der Waals surface area contributed by atoms with E-state index in [4.69, 9.17) is 11.5 Å². The molecule has 0 radical (unpaired) electrons. The SMILES string of the molecule is Cc1cscc1CCN=C1NC(N)=NC(CCN(CCc2cscc2C)C2=NC(C)N=C(N)N2)N1. The number of nitrogens with zero attached hydrogens (tertiary/aromatic N) is 5. The Labute approximate surface area is 214 Å². The first-order valence-corrected chi connectivity index (χ1v) is 13.6. The van der Waals surface area contributed by atoms with Crippen LogP contribution in [0.3, 0.4) is 0 Å². The lowest BCUT2D eigenvalue weighted by molar-refractivity contribution is 0.375. The molecule has 4 heterocycles. The van der Waals surface area contributed by atoms with Crippen LogP contribution in [0.1, 0.15) is 35.6 Å². The number of hydrogen-bond donors (Lipinski definition) is 5. The fourth-order valence-electron chi connectivity index (χ4n) is 3.95. The monoisotopic (exact) mass is 514 g/mol. The highest BCUT2D eigenvalue weighted by Gasteiger charge is 2.22. The third-order valence-electron chi connectivity index (χ3n) is 5.92. The molecule has 0 spiro atoms. The Morgan fingerprint density at radius 3 is 2.26 bits per heavy atom. The van der Waals surface area contributed by atoms with E-state index in [0.717, 1.165) is 31.8 Å². The molecule has 0 amide bonds. The molecule has 0 saturated heterocycles. The zero-order valence-corrected chi connectivity index (χ0v) is 22.0. The number of aryl methyl sites for hydroxylation is 2. The molecule has 35 heavy (non-hydrogen) atoms. The second-order valence-electron chi connectivity index (χ2n) is 8.69. The van der Waals surface area contributed by atoms with Gasteiger partial charge in [-0.05, 0) is 77.4 Å². The van der Waals surface area contributed by atoms with Crippen molar-refractivity contribution in [1.82, 2.24) is 20.9 Å². The van der Waals surface area contributed by atoms with Crippen LogP contribution < -0.4 is 27.4 Å². The van der Waals surface area contributed by atoms with Gasteiger partial charge in [0.2, 0.25) is 5.96 Å². The summed E-state index contributed by atoms with van der Waals surface area (Å²) in [5.74, 6) is 2.16. The lowest BCUT2D eigenvalue weighted by atomic mass is 10.1. The zero-order valence-electron chi connectivity index (χ0n) is 20.4. The van der Waals surface area contributed by atoms with Gasteiger partial charge in [0.15, 0.2) is 17.9 Å². The van der Waals surface area contributed by atoms with Gasteiger partial charge < -0.3 is 21.7 Å². The largest absolute Gasteiger partial charge is 0.370 e. The van der Waals surface area contributed by atoms with Crippen LogP contribution >= 0.6 is 22.7 Å². The Kier molecular flexibility index (Phi) is 8.24. The van der Waals surface area contributed by atoms with Crippen molar-refractivity contribution in [3.05, 3.63) is 43.8 Å². The third-order valence-corrected chi connectivity index (χ3v) is 7.74. The molecule has 2 unspecified atom stereocenters. The number of guanidine groups is 4. The molecule has 0 aromatic carbocycles. The Balaban J connectivity index is 1.38. The number of rotatable bonds is 9. The Morgan fingerprint density at radius 1 is 0.914 bits per heavy atom. The fraction of sp³-hybridized carbons (Fsp3) is 0.478. The second kappa shape index (κ2) is 11.5. The number of hydrogen-bond acceptors (Lipinski definition) is 10. The second-order valence-corrected chi connectivity index (χ2v) is 10.2. The van der Waals surface area contributed by atoms with Crippen LogP contribution in [0, 0.1) is 13.8 Å². The van der Waals surface area contributed by atoms with E-state index in [1.165, 1.54) is 22.3 Å². The molecule has 4 rings (SSSR count). The smallest absolute Gasteiger partial charge is 0.202 e. The highest BCUT2D eigenvalue weighted by Crippen LogP contribution is 2.16. The van der Waals surface area contributed by atoms with Crippen molar-refractivity contribution >= 4 is 46.5 Å². The van der Waals surface area contributed by atoms with Gasteiger partial charge in [0.1, 0.15) is 12.3 Å². The van der Waals surface area contributed by atoms with E-state index in [1.807, 2.05) is 6.92 Å². The number of aliphatic imine (C=N–C) groups is 4. The first-order valence-electron chi connectivity index (χ1n) is 11.7. The molecule has 0 fully saturated rings. The van der Waals surface area contributed by atoms with Crippen molar-refractivity contribution in [2.45, 2.75) is 52.4 Å². The summed E-state index contributed by atoms with van der Waals surface area (Å²) >= 11 is 3.46. The van der Waals surface area contributed by atoms with E-state index in [0.29, 0.717) is 31.0 Å². The average molecular weight is 515 g/mol. The predicted octanol–water partition coefficient (Wildman–Crippen LogP) is 1.71. The summed E-state index contributed by atoms with van der Waals surface area (Å²) in [7, 11) is 0. The van der Waals surface area contributed by atoms with Crippen LogP contribution in [0.5, 0.6) is 0 Å². The maximum Gasteiger partial charge on any atom is 0.202 e. The predicted molar refractivity (Wildman–Crippen MR) is 147 cm³/mol. The van der Waals surface area contributed by atoms with E-state index in [-0.39, 0.29) is 12.3 Å². The van der Waals surface area contributed by atoms with Crippen molar-refractivity contribution in [1.29, 1.82) is 0 Å². The minimum Gasteiger partial charge on any atom is -0.370 e. The minimum atomic E-state index is -0.215. The molecule has 0 aliphatic carbocycles. The first kappa shape index (κ1) is 25.0. The normalized spacial score (nSPS) is 20.9.